The quantitative estimate of drug-likeness (QED) is 0.869. The molecule has 4 heteroatoms. The maximum Gasteiger partial charge on any atom is 0.147 e. The minimum Gasteiger partial charge on any atom is -0.383 e. The minimum absolute atomic E-state index is 0.224. The van der Waals surface area contributed by atoms with Crippen molar-refractivity contribution in [2.75, 3.05) is 25.5 Å². The van der Waals surface area contributed by atoms with Crippen LogP contribution in [0.1, 0.15) is 19.3 Å². The fourth-order valence-corrected chi connectivity index (χ4v) is 2.30. The summed E-state index contributed by atoms with van der Waals surface area (Å²) in [5, 5.41) is 2.94. The SMILES string of the molecule is CN1CCCC1CCNc1cc(F)[c]cc1F. The van der Waals surface area contributed by atoms with Crippen LogP contribution in [0.5, 0.6) is 0 Å². The lowest BCUT2D eigenvalue weighted by Crippen LogP contribution is -2.27. The van der Waals surface area contributed by atoms with Gasteiger partial charge in [0.2, 0.25) is 0 Å². The van der Waals surface area contributed by atoms with Crippen LogP contribution in [-0.2, 0) is 0 Å². The number of hydrogen-bond acceptors (Lipinski definition) is 2. The molecule has 0 bridgehead atoms. The first-order chi connectivity index (χ1) is 8.16. The molecule has 0 aromatic heterocycles. The maximum atomic E-state index is 13.3. The summed E-state index contributed by atoms with van der Waals surface area (Å²) in [5.41, 5.74) is 0.224. The molecule has 0 saturated carbocycles. The molecule has 1 atom stereocenters. The zero-order chi connectivity index (χ0) is 12.3. The smallest absolute Gasteiger partial charge is 0.147 e. The van der Waals surface area contributed by atoms with E-state index in [1.807, 2.05) is 0 Å². The molecule has 1 heterocycles. The normalized spacial score (nSPS) is 20.8. The zero-order valence-corrected chi connectivity index (χ0v) is 9.97. The van der Waals surface area contributed by atoms with E-state index in [0.717, 1.165) is 25.1 Å². The Morgan fingerprint density at radius 1 is 1.53 bits per heavy atom. The van der Waals surface area contributed by atoms with Gasteiger partial charge in [0.1, 0.15) is 11.6 Å². The van der Waals surface area contributed by atoms with Gasteiger partial charge in [-0.25, -0.2) is 8.78 Å². The van der Waals surface area contributed by atoms with E-state index in [0.29, 0.717) is 12.6 Å². The van der Waals surface area contributed by atoms with Crippen LogP contribution in [0.3, 0.4) is 0 Å². The summed E-state index contributed by atoms with van der Waals surface area (Å²) in [4.78, 5) is 2.32. The molecule has 1 aromatic carbocycles. The molecule has 1 aromatic rings. The standard InChI is InChI=1S/C13H17F2N2/c1-17-8-2-3-11(17)6-7-16-13-9-10(14)4-5-12(13)15/h5,9,11,16H,2-3,6-8H2,1H3. The van der Waals surface area contributed by atoms with E-state index in [4.69, 9.17) is 0 Å². The summed E-state index contributed by atoms with van der Waals surface area (Å²) < 4.78 is 26.1. The molecule has 17 heavy (non-hydrogen) atoms. The van der Waals surface area contributed by atoms with Gasteiger partial charge in [-0.15, -0.1) is 0 Å². The van der Waals surface area contributed by atoms with E-state index in [2.05, 4.69) is 23.3 Å². The molecule has 0 spiro atoms. The molecule has 0 aliphatic carbocycles. The first-order valence-electron chi connectivity index (χ1n) is 5.97. The minimum atomic E-state index is -0.535. The Bertz CT molecular complexity index is 382. The highest BCUT2D eigenvalue weighted by atomic mass is 19.1. The third-order valence-corrected chi connectivity index (χ3v) is 3.33. The Labute approximate surface area is 101 Å². The highest BCUT2D eigenvalue weighted by Crippen LogP contribution is 2.19. The highest BCUT2D eigenvalue weighted by molar-refractivity contribution is 5.44. The predicted octanol–water partition coefficient (Wildman–Crippen LogP) is 2.66. The molecule has 1 aliphatic heterocycles. The van der Waals surface area contributed by atoms with Gasteiger partial charge >= 0.3 is 0 Å². The van der Waals surface area contributed by atoms with Gasteiger partial charge in [-0.1, -0.05) is 0 Å². The second-order valence-corrected chi connectivity index (χ2v) is 4.53. The monoisotopic (exact) mass is 239 g/mol. The maximum absolute atomic E-state index is 13.3. The number of nitrogens with zero attached hydrogens (tertiary/aromatic N) is 1. The third kappa shape index (κ3) is 3.16. The Balaban J connectivity index is 1.83. The lowest BCUT2D eigenvalue weighted by molar-refractivity contribution is 0.301. The molecule has 1 saturated heterocycles. The van der Waals surface area contributed by atoms with Gasteiger partial charge in [-0.2, -0.15) is 0 Å². The number of nitrogens with one attached hydrogen (secondary N) is 1. The molecular formula is C13H17F2N2. The van der Waals surface area contributed by atoms with Gasteiger partial charge in [0.05, 0.1) is 5.69 Å². The molecular weight excluding hydrogens is 222 g/mol. The summed E-state index contributed by atoms with van der Waals surface area (Å²) in [6.07, 6.45) is 3.37. The Morgan fingerprint density at radius 2 is 2.35 bits per heavy atom. The van der Waals surface area contributed by atoms with E-state index in [1.54, 1.807) is 0 Å². The van der Waals surface area contributed by atoms with Crippen LogP contribution in [-0.4, -0.2) is 31.1 Å². The van der Waals surface area contributed by atoms with E-state index in [-0.39, 0.29) is 5.69 Å². The van der Waals surface area contributed by atoms with Crippen LogP contribution in [0.4, 0.5) is 14.5 Å². The van der Waals surface area contributed by atoms with E-state index < -0.39 is 11.6 Å². The summed E-state index contributed by atoms with van der Waals surface area (Å²) in [6, 6.07) is 4.92. The van der Waals surface area contributed by atoms with Crippen molar-refractivity contribution >= 4 is 5.69 Å². The third-order valence-electron chi connectivity index (χ3n) is 3.33. The van der Waals surface area contributed by atoms with Crippen LogP contribution in [0.25, 0.3) is 0 Å². The topological polar surface area (TPSA) is 15.3 Å². The average molecular weight is 239 g/mol. The van der Waals surface area contributed by atoms with Crippen molar-refractivity contribution in [1.29, 1.82) is 0 Å². The Morgan fingerprint density at radius 3 is 3.06 bits per heavy atom. The lowest BCUT2D eigenvalue weighted by atomic mass is 10.1. The average Bonchev–Trinajstić information content (AvgIpc) is 2.70. The zero-order valence-electron chi connectivity index (χ0n) is 9.97. The molecule has 0 amide bonds. The van der Waals surface area contributed by atoms with Crippen LogP contribution < -0.4 is 5.32 Å². The highest BCUT2D eigenvalue weighted by Gasteiger charge is 2.19. The van der Waals surface area contributed by atoms with Crippen LogP contribution in [0.15, 0.2) is 12.1 Å². The van der Waals surface area contributed by atoms with Crippen LogP contribution in [0.2, 0.25) is 0 Å². The predicted molar refractivity (Wildman–Crippen MR) is 64.0 cm³/mol. The number of anilines is 1. The summed E-state index contributed by atoms with van der Waals surface area (Å²) in [7, 11) is 2.11. The largest absolute Gasteiger partial charge is 0.383 e. The fourth-order valence-electron chi connectivity index (χ4n) is 2.30. The molecule has 1 aliphatic rings. The van der Waals surface area contributed by atoms with E-state index in [1.165, 1.54) is 12.8 Å². The van der Waals surface area contributed by atoms with Crippen molar-refractivity contribution in [3.05, 3.63) is 29.8 Å². The molecule has 93 valence electrons. The second-order valence-electron chi connectivity index (χ2n) is 4.53. The van der Waals surface area contributed by atoms with Gasteiger partial charge < -0.3 is 10.2 Å². The number of likely N-dealkylation sites (tertiary alicyclic amines) is 1. The second kappa shape index (κ2) is 5.45. The van der Waals surface area contributed by atoms with Crippen molar-refractivity contribution < 1.29 is 8.78 Å². The molecule has 1 N–H and O–H groups in total. The molecule has 1 radical (unpaired) electrons. The lowest BCUT2D eigenvalue weighted by Gasteiger charge is -2.19. The summed E-state index contributed by atoms with van der Waals surface area (Å²) in [5.74, 6) is -0.988. The number of halogens is 2. The number of hydrogen-bond donors (Lipinski definition) is 1. The molecule has 1 fully saturated rings. The van der Waals surface area contributed by atoms with E-state index in [9.17, 15) is 8.78 Å². The molecule has 1 unspecified atom stereocenters. The van der Waals surface area contributed by atoms with Gasteiger partial charge in [0, 0.05) is 24.7 Å². The van der Waals surface area contributed by atoms with Crippen LogP contribution in [0, 0.1) is 17.7 Å². The van der Waals surface area contributed by atoms with Crippen molar-refractivity contribution in [3.63, 3.8) is 0 Å². The van der Waals surface area contributed by atoms with E-state index >= 15 is 0 Å². The van der Waals surface area contributed by atoms with Crippen molar-refractivity contribution in [2.24, 2.45) is 0 Å². The summed E-state index contributed by atoms with van der Waals surface area (Å²) >= 11 is 0. The molecule has 2 nitrogen and oxygen atoms in total. The van der Waals surface area contributed by atoms with Crippen LogP contribution >= 0.6 is 0 Å². The van der Waals surface area contributed by atoms with Crippen molar-refractivity contribution in [1.82, 2.24) is 4.90 Å². The first-order valence-corrected chi connectivity index (χ1v) is 5.97. The summed E-state index contributed by atoms with van der Waals surface area (Å²) in [6.45, 7) is 1.79. The van der Waals surface area contributed by atoms with Crippen molar-refractivity contribution in [3.8, 4) is 0 Å². The van der Waals surface area contributed by atoms with Gasteiger partial charge in [-0.3, -0.25) is 0 Å². The number of rotatable bonds is 4. The van der Waals surface area contributed by atoms with Gasteiger partial charge in [-0.05, 0) is 38.9 Å². The van der Waals surface area contributed by atoms with Crippen molar-refractivity contribution in [2.45, 2.75) is 25.3 Å². The fraction of sp³-hybridized carbons (Fsp3) is 0.538. The number of benzene rings is 1. The Kier molecular flexibility index (Phi) is 3.94. The van der Waals surface area contributed by atoms with Gasteiger partial charge in [0.15, 0.2) is 0 Å². The first kappa shape index (κ1) is 12.3. The molecule has 2 rings (SSSR count). The Hall–Kier alpha value is -1.16. The van der Waals surface area contributed by atoms with Gasteiger partial charge in [0.25, 0.3) is 0 Å².